The maximum atomic E-state index is 13.2. The molecule has 1 aromatic rings. The van der Waals surface area contributed by atoms with E-state index >= 15 is 0 Å². The van der Waals surface area contributed by atoms with Gasteiger partial charge in [-0.2, -0.15) is 0 Å². The zero-order valence-electron chi connectivity index (χ0n) is 8.53. The van der Waals surface area contributed by atoms with E-state index in [0.717, 1.165) is 6.07 Å². The first-order valence-electron chi connectivity index (χ1n) is 4.34. The quantitative estimate of drug-likeness (QED) is 0.758. The van der Waals surface area contributed by atoms with Crippen LogP contribution in [0.3, 0.4) is 0 Å². The first-order chi connectivity index (χ1) is 7.56. The normalized spacial score (nSPS) is 9.62. The van der Waals surface area contributed by atoms with Gasteiger partial charge in [-0.3, -0.25) is 4.79 Å². The van der Waals surface area contributed by atoms with Crippen LogP contribution in [-0.2, 0) is 9.53 Å². The van der Waals surface area contributed by atoms with Gasteiger partial charge in [0.2, 0.25) is 0 Å². The molecule has 86 valence electrons. The van der Waals surface area contributed by atoms with E-state index < -0.39 is 24.3 Å². The minimum absolute atomic E-state index is 0.0853. The summed E-state index contributed by atoms with van der Waals surface area (Å²) in [4.78, 5) is 21.7. The Balaban J connectivity index is 2.91. The fourth-order valence-corrected chi connectivity index (χ4v) is 1.06. The van der Waals surface area contributed by atoms with Crippen LogP contribution >= 0.6 is 0 Å². The van der Waals surface area contributed by atoms with Crippen molar-refractivity contribution in [2.45, 2.75) is 0 Å². The van der Waals surface area contributed by atoms with Gasteiger partial charge >= 0.3 is 5.97 Å². The molecule has 0 aliphatic carbocycles. The fourth-order valence-electron chi connectivity index (χ4n) is 1.06. The molecule has 16 heavy (non-hydrogen) atoms. The number of carbonyl (C=O) groups is 2. The predicted molar refractivity (Wildman–Crippen MR) is 52.4 cm³/mol. The van der Waals surface area contributed by atoms with Crippen molar-refractivity contribution in [3.63, 3.8) is 0 Å². The van der Waals surface area contributed by atoms with Crippen molar-refractivity contribution in [3.8, 4) is 5.75 Å². The van der Waals surface area contributed by atoms with Crippen LogP contribution < -0.4 is 10.5 Å². The molecule has 1 rings (SSSR count). The van der Waals surface area contributed by atoms with Gasteiger partial charge in [-0.1, -0.05) is 6.07 Å². The van der Waals surface area contributed by atoms with Crippen molar-refractivity contribution >= 4 is 11.9 Å². The van der Waals surface area contributed by atoms with Gasteiger partial charge in [0.25, 0.3) is 5.91 Å². The Bertz CT molecular complexity index is 419. The number of benzene rings is 1. The second-order valence-electron chi connectivity index (χ2n) is 2.84. The SMILES string of the molecule is COC(=O)COc1cccc(F)c1C(N)=O. The summed E-state index contributed by atoms with van der Waals surface area (Å²) in [7, 11) is 1.19. The molecule has 0 spiro atoms. The van der Waals surface area contributed by atoms with E-state index in [1.165, 1.54) is 19.2 Å². The highest BCUT2D eigenvalue weighted by atomic mass is 19.1. The molecule has 0 heterocycles. The molecule has 0 fully saturated rings. The topological polar surface area (TPSA) is 78.6 Å². The maximum Gasteiger partial charge on any atom is 0.343 e. The highest BCUT2D eigenvalue weighted by Gasteiger charge is 2.15. The summed E-state index contributed by atoms with van der Waals surface area (Å²) in [5.41, 5.74) is 4.60. The molecule has 0 saturated heterocycles. The highest BCUT2D eigenvalue weighted by molar-refractivity contribution is 5.96. The first kappa shape index (κ1) is 12.0. The molecular formula is C10H10FNO4. The number of methoxy groups -OCH3 is 1. The Morgan fingerprint density at radius 1 is 1.44 bits per heavy atom. The first-order valence-corrected chi connectivity index (χ1v) is 4.34. The van der Waals surface area contributed by atoms with Gasteiger partial charge < -0.3 is 15.2 Å². The number of esters is 1. The Kier molecular flexibility index (Phi) is 3.82. The van der Waals surface area contributed by atoms with Crippen molar-refractivity contribution in [2.24, 2.45) is 5.73 Å². The van der Waals surface area contributed by atoms with Crippen LogP contribution in [0, 0.1) is 5.82 Å². The van der Waals surface area contributed by atoms with Gasteiger partial charge in [0.15, 0.2) is 6.61 Å². The Morgan fingerprint density at radius 3 is 2.69 bits per heavy atom. The number of carbonyl (C=O) groups excluding carboxylic acids is 2. The third kappa shape index (κ3) is 2.69. The summed E-state index contributed by atoms with van der Waals surface area (Å²) in [6.07, 6.45) is 0. The lowest BCUT2D eigenvalue weighted by Crippen LogP contribution is -2.18. The molecule has 0 radical (unpaired) electrons. The number of rotatable bonds is 4. The number of nitrogens with two attached hydrogens (primary N) is 1. The Hall–Kier alpha value is -2.11. The van der Waals surface area contributed by atoms with E-state index in [4.69, 9.17) is 10.5 Å². The van der Waals surface area contributed by atoms with Crippen molar-refractivity contribution < 1.29 is 23.5 Å². The predicted octanol–water partition coefficient (Wildman–Crippen LogP) is 0.476. The number of hydrogen-bond donors (Lipinski definition) is 1. The van der Waals surface area contributed by atoms with Crippen LogP contribution in [0.1, 0.15) is 10.4 Å². The van der Waals surface area contributed by atoms with Crippen molar-refractivity contribution in [1.29, 1.82) is 0 Å². The molecule has 2 N–H and O–H groups in total. The third-order valence-electron chi connectivity index (χ3n) is 1.79. The van der Waals surface area contributed by atoms with Gasteiger partial charge in [0.1, 0.15) is 17.1 Å². The molecule has 6 heteroatoms. The average Bonchev–Trinajstić information content (AvgIpc) is 2.25. The number of halogens is 1. The van der Waals surface area contributed by atoms with E-state index in [1.54, 1.807) is 0 Å². The Morgan fingerprint density at radius 2 is 2.12 bits per heavy atom. The minimum atomic E-state index is -0.960. The van der Waals surface area contributed by atoms with Crippen LogP contribution in [0.25, 0.3) is 0 Å². The van der Waals surface area contributed by atoms with Gasteiger partial charge in [0, 0.05) is 0 Å². The zero-order chi connectivity index (χ0) is 12.1. The molecule has 0 unspecified atom stereocenters. The van der Waals surface area contributed by atoms with Crippen LogP contribution in [0.2, 0.25) is 0 Å². The van der Waals surface area contributed by atoms with Crippen LogP contribution in [0.5, 0.6) is 5.75 Å². The summed E-state index contributed by atoms with van der Waals surface area (Å²) < 4.78 is 22.5. The van der Waals surface area contributed by atoms with E-state index in [-0.39, 0.29) is 11.3 Å². The Labute approximate surface area is 90.9 Å². The van der Waals surface area contributed by atoms with Crippen molar-refractivity contribution in [2.75, 3.05) is 13.7 Å². The second-order valence-corrected chi connectivity index (χ2v) is 2.84. The number of amides is 1. The lowest BCUT2D eigenvalue weighted by atomic mass is 10.2. The third-order valence-corrected chi connectivity index (χ3v) is 1.79. The molecule has 0 atom stereocenters. The van der Waals surface area contributed by atoms with Crippen molar-refractivity contribution in [3.05, 3.63) is 29.6 Å². The van der Waals surface area contributed by atoms with E-state index in [2.05, 4.69) is 4.74 Å². The number of hydrogen-bond acceptors (Lipinski definition) is 4. The smallest absolute Gasteiger partial charge is 0.343 e. The monoisotopic (exact) mass is 227 g/mol. The van der Waals surface area contributed by atoms with Crippen LogP contribution in [0.4, 0.5) is 4.39 Å². The molecule has 0 aromatic heterocycles. The lowest BCUT2D eigenvalue weighted by molar-refractivity contribution is -0.142. The summed E-state index contributed by atoms with van der Waals surface area (Å²) in [5, 5.41) is 0. The summed E-state index contributed by atoms with van der Waals surface area (Å²) in [6, 6.07) is 3.76. The van der Waals surface area contributed by atoms with Crippen molar-refractivity contribution in [1.82, 2.24) is 0 Å². The van der Waals surface area contributed by atoms with Crippen LogP contribution in [-0.4, -0.2) is 25.6 Å². The van der Waals surface area contributed by atoms with Crippen LogP contribution in [0.15, 0.2) is 18.2 Å². The minimum Gasteiger partial charge on any atom is -0.481 e. The molecule has 1 amide bonds. The molecule has 0 aliphatic heterocycles. The highest BCUT2D eigenvalue weighted by Crippen LogP contribution is 2.20. The molecular weight excluding hydrogens is 217 g/mol. The van der Waals surface area contributed by atoms with Gasteiger partial charge in [-0.15, -0.1) is 0 Å². The summed E-state index contributed by atoms with van der Waals surface area (Å²) >= 11 is 0. The largest absolute Gasteiger partial charge is 0.481 e. The maximum absolute atomic E-state index is 13.2. The summed E-state index contributed by atoms with van der Waals surface area (Å²) in [5.74, 6) is -2.48. The van der Waals surface area contributed by atoms with Gasteiger partial charge in [-0.05, 0) is 12.1 Å². The van der Waals surface area contributed by atoms with E-state index in [0.29, 0.717) is 0 Å². The number of ether oxygens (including phenoxy) is 2. The molecule has 5 nitrogen and oxygen atoms in total. The molecule has 0 bridgehead atoms. The molecule has 1 aromatic carbocycles. The lowest BCUT2D eigenvalue weighted by Gasteiger charge is -2.08. The average molecular weight is 227 g/mol. The fraction of sp³-hybridized carbons (Fsp3) is 0.200. The van der Waals surface area contributed by atoms with Gasteiger partial charge in [-0.25, -0.2) is 9.18 Å². The van der Waals surface area contributed by atoms with E-state index in [1.807, 2.05) is 0 Å². The zero-order valence-corrected chi connectivity index (χ0v) is 8.53. The molecule has 0 aliphatic rings. The second kappa shape index (κ2) is 5.11. The molecule has 0 saturated carbocycles. The van der Waals surface area contributed by atoms with Gasteiger partial charge in [0.05, 0.1) is 7.11 Å². The summed E-state index contributed by atoms with van der Waals surface area (Å²) in [6.45, 7) is -0.416. The number of primary amides is 1. The standard InChI is InChI=1S/C10H10FNO4/c1-15-8(13)5-16-7-4-2-3-6(11)9(7)10(12)14/h2-4H,5H2,1H3,(H2,12,14). The van der Waals surface area contributed by atoms with E-state index in [9.17, 15) is 14.0 Å².